The lowest BCUT2D eigenvalue weighted by Gasteiger charge is -2.24. The van der Waals surface area contributed by atoms with Crippen molar-refractivity contribution in [1.29, 1.82) is 0 Å². The molecule has 0 spiro atoms. The van der Waals surface area contributed by atoms with Gasteiger partial charge in [0.1, 0.15) is 5.65 Å². The van der Waals surface area contributed by atoms with Crippen molar-refractivity contribution >= 4 is 54.6 Å². The van der Waals surface area contributed by atoms with Crippen molar-refractivity contribution in [3.63, 3.8) is 0 Å². The molecule has 0 bridgehead atoms. The summed E-state index contributed by atoms with van der Waals surface area (Å²) in [6.45, 7) is 0. The van der Waals surface area contributed by atoms with Crippen LogP contribution in [-0.2, 0) is 6.42 Å². The number of hydrogen-bond donors (Lipinski definition) is 0. The Kier molecular flexibility index (Phi) is 4.59. The molecular formula is C44H28N4+2. The molecule has 6 aromatic heterocycles. The highest BCUT2D eigenvalue weighted by molar-refractivity contribution is 6.25. The van der Waals surface area contributed by atoms with Crippen LogP contribution in [-0.4, -0.2) is 9.38 Å². The van der Waals surface area contributed by atoms with Crippen LogP contribution < -0.4 is 8.97 Å². The molecule has 1 aliphatic carbocycles. The van der Waals surface area contributed by atoms with Gasteiger partial charge in [-0.2, -0.15) is 8.97 Å². The number of rotatable bonds is 1. The summed E-state index contributed by atoms with van der Waals surface area (Å²) in [4.78, 5) is 5.75. The van der Waals surface area contributed by atoms with Gasteiger partial charge in [-0.1, -0.05) is 66.7 Å². The summed E-state index contributed by atoms with van der Waals surface area (Å²) in [6, 6.07) is 49.2. The van der Waals surface area contributed by atoms with Gasteiger partial charge in [0.2, 0.25) is 17.3 Å². The third-order valence-corrected chi connectivity index (χ3v) is 11.3. The van der Waals surface area contributed by atoms with Gasteiger partial charge in [0.15, 0.2) is 12.4 Å². The van der Waals surface area contributed by atoms with E-state index >= 15 is 0 Å². The van der Waals surface area contributed by atoms with E-state index in [0.29, 0.717) is 5.92 Å². The SMILES string of the molecule is c1ccc(-c2cc3c4ccccc4n4c5nc6c7c([n+]8ccccc8c6cc5c(c2)c34)C2C(C7)c3ccccc3-c3cccc[n+]32)cc1. The van der Waals surface area contributed by atoms with Gasteiger partial charge in [0.05, 0.1) is 33.4 Å². The Balaban J connectivity index is 1.24. The van der Waals surface area contributed by atoms with Gasteiger partial charge >= 0.3 is 0 Å². The predicted octanol–water partition coefficient (Wildman–Crippen LogP) is 8.99. The number of benzene rings is 4. The lowest BCUT2D eigenvalue weighted by atomic mass is 9.84. The summed E-state index contributed by atoms with van der Waals surface area (Å²) in [6.07, 6.45) is 5.49. The maximum absolute atomic E-state index is 5.75. The number of para-hydroxylation sites is 1. The predicted molar refractivity (Wildman–Crippen MR) is 192 cm³/mol. The lowest BCUT2D eigenvalue weighted by molar-refractivity contribution is -0.724. The van der Waals surface area contributed by atoms with Crippen LogP contribution in [0.2, 0.25) is 0 Å². The first-order chi connectivity index (χ1) is 23.8. The smallest absolute Gasteiger partial charge is 0.262 e. The Bertz CT molecular complexity index is 2990. The molecule has 2 aliphatic rings. The standard InChI is InChI=1S/C44H28N4/c1-2-12-26(13-3-1)27-22-31-30-16-6-7-19-39(30)48-41(31)32(23-27)34-25-35-38-18-9-11-21-47(38)43-36(40(35)45-44(34)48)24-33-28-14-4-5-15-29(28)37-17-8-10-20-46(37)42(33)43/h1-23,25,33,42H,24H2/q+2. The summed E-state index contributed by atoms with van der Waals surface area (Å²) in [5, 5.41) is 6.23. The first-order valence-electron chi connectivity index (χ1n) is 16.9. The van der Waals surface area contributed by atoms with Crippen molar-refractivity contribution in [3.8, 4) is 22.4 Å². The molecule has 0 radical (unpaired) electrons. The number of fused-ring (bicyclic) bond motifs is 19. The van der Waals surface area contributed by atoms with Crippen LogP contribution in [0.5, 0.6) is 0 Å². The molecule has 222 valence electrons. The zero-order valence-electron chi connectivity index (χ0n) is 26.0. The minimum atomic E-state index is 0.185. The van der Waals surface area contributed by atoms with Crippen molar-refractivity contribution in [2.75, 3.05) is 0 Å². The zero-order valence-corrected chi connectivity index (χ0v) is 26.0. The molecular weight excluding hydrogens is 585 g/mol. The Hall–Kier alpha value is -6.13. The van der Waals surface area contributed by atoms with Crippen molar-refractivity contribution < 1.29 is 8.97 Å². The van der Waals surface area contributed by atoms with Gasteiger partial charge in [0.25, 0.3) is 5.69 Å². The quantitative estimate of drug-likeness (QED) is 0.134. The third kappa shape index (κ3) is 2.99. The second-order valence-electron chi connectivity index (χ2n) is 13.5. The number of pyridine rings is 4. The number of aromatic nitrogens is 4. The highest BCUT2D eigenvalue weighted by Gasteiger charge is 2.52. The summed E-state index contributed by atoms with van der Waals surface area (Å²) < 4.78 is 7.41. The van der Waals surface area contributed by atoms with Crippen LogP contribution >= 0.6 is 0 Å². The molecule has 4 aromatic carbocycles. The van der Waals surface area contributed by atoms with Crippen molar-refractivity contribution in [2.24, 2.45) is 0 Å². The second-order valence-corrected chi connectivity index (χ2v) is 13.5. The van der Waals surface area contributed by atoms with Crippen LogP contribution in [0.4, 0.5) is 0 Å². The fourth-order valence-corrected chi connectivity index (χ4v) is 9.39. The van der Waals surface area contributed by atoms with Crippen molar-refractivity contribution in [3.05, 3.63) is 163 Å². The van der Waals surface area contributed by atoms with Crippen LogP contribution in [0.3, 0.4) is 0 Å². The van der Waals surface area contributed by atoms with Gasteiger partial charge in [-0.3, -0.25) is 4.40 Å². The average Bonchev–Trinajstić information content (AvgIpc) is 3.82. The van der Waals surface area contributed by atoms with Crippen LogP contribution in [0.1, 0.15) is 28.8 Å². The molecule has 0 fully saturated rings. The van der Waals surface area contributed by atoms with E-state index in [4.69, 9.17) is 4.98 Å². The fraction of sp³-hybridized carbons (Fsp3) is 0.0682. The Morgan fingerprint density at radius 3 is 2.33 bits per heavy atom. The molecule has 2 atom stereocenters. The van der Waals surface area contributed by atoms with E-state index in [-0.39, 0.29) is 6.04 Å². The fourth-order valence-electron chi connectivity index (χ4n) is 9.39. The Morgan fingerprint density at radius 1 is 0.625 bits per heavy atom. The molecule has 2 unspecified atom stereocenters. The summed E-state index contributed by atoms with van der Waals surface area (Å²) in [7, 11) is 0. The van der Waals surface area contributed by atoms with E-state index in [9.17, 15) is 0 Å². The first kappa shape index (κ1) is 25.0. The molecule has 10 aromatic rings. The van der Waals surface area contributed by atoms with E-state index in [1.807, 2.05) is 0 Å². The minimum Gasteiger partial charge on any atom is -0.293 e. The van der Waals surface area contributed by atoms with Gasteiger partial charge < -0.3 is 0 Å². The Morgan fingerprint density at radius 2 is 1.40 bits per heavy atom. The van der Waals surface area contributed by atoms with Crippen LogP contribution in [0.15, 0.2) is 146 Å². The molecule has 0 saturated carbocycles. The van der Waals surface area contributed by atoms with E-state index in [0.717, 1.165) is 17.6 Å². The largest absolute Gasteiger partial charge is 0.293 e. The average molecular weight is 613 g/mol. The van der Waals surface area contributed by atoms with E-state index < -0.39 is 0 Å². The van der Waals surface area contributed by atoms with E-state index in [1.165, 1.54) is 82.7 Å². The van der Waals surface area contributed by atoms with Crippen molar-refractivity contribution in [2.45, 2.75) is 18.4 Å². The normalized spacial score (nSPS) is 16.7. The molecule has 1 aliphatic heterocycles. The molecule has 0 amide bonds. The number of nitrogens with zero attached hydrogens (tertiary/aromatic N) is 4. The molecule has 7 heterocycles. The maximum atomic E-state index is 5.75. The van der Waals surface area contributed by atoms with E-state index in [1.54, 1.807) is 0 Å². The molecule has 0 N–H and O–H groups in total. The van der Waals surface area contributed by atoms with Crippen LogP contribution in [0, 0.1) is 0 Å². The van der Waals surface area contributed by atoms with Crippen LogP contribution in [0.25, 0.3) is 77.0 Å². The maximum Gasteiger partial charge on any atom is 0.262 e. The first-order valence-corrected chi connectivity index (χ1v) is 16.9. The highest BCUT2D eigenvalue weighted by atomic mass is 15.1. The second kappa shape index (κ2) is 8.81. The van der Waals surface area contributed by atoms with E-state index in [2.05, 4.69) is 159 Å². The van der Waals surface area contributed by atoms with Gasteiger partial charge in [-0.15, -0.1) is 0 Å². The minimum absolute atomic E-state index is 0.185. The molecule has 4 nitrogen and oxygen atoms in total. The van der Waals surface area contributed by atoms with Gasteiger partial charge in [0, 0.05) is 51.4 Å². The number of hydrogen-bond acceptors (Lipinski definition) is 1. The zero-order chi connectivity index (χ0) is 31.1. The van der Waals surface area contributed by atoms with Gasteiger partial charge in [-0.05, 0) is 65.6 Å². The lowest BCUT2D eigenvalue weighted by Crippen LogP contribution is -2.49. The molecule has 48 heavy (non-hydrogen) atoms. The molecule has 0 saturated heterocycles. The van der Waals surface area contributed by atoms with Gasteiger partial charge in [-0.25, -0.2) is 4.98 Å². The van der Waals surface area contributed by atoms with Crippen molar-refractivity contribution in [1.82, 2.24) is 9.38 Å². The Labute approximate surface area is 275 Å². The highest BCUT2D eigenvalue weighted by Crippen LogP contribution is 2.50. The topological polar surface area (TPSA) is 25.3 Å². The molecule has 12 rings (SSSR count). The molecule has 4 heteroatoms. The summed E-state index contributed by atoms with van der Waals surface area (Å²) >= 11 is 0. The summed E-state index contributed by atoms with van der Waals surface area (Å²) in [5.74, 6) is 0.331. The third-order valence-electron chi connectivity index (χ3n) is 11.3. The summed E-state index contributed by atoms with van der Waals surface area (Å²) in [5.41, 5.74) is 15.1. The monoisotopic (exact) mass is 612 g/mol.